The Bertz CT molecular complexity index is 1010. The van der Waals surface area contributed by atoms with Crippen molar-refractivity contribution in [1.82, 2.24) is 4.57 Å². The van der Waals surface area contributed by atoms with Crippen molar-refractivity contribution in [3.63, 3.8) is 0 Å². The lowest BCUT2D eigenvalue weighted by molar-refractivity contribution is 0.0686. The molecule has 136 valence electrons. The molecule has 0 bridgehead atoms. The predicted molar refractivity (Wildman–Crippen MR) is 110 cm³/mol. The maximum Gasteiger partial charge on any atom is 0.351 e. The van der Waals surface area contributed by atoms with Crippen molar-refractivity contribution in [2.45, 2.75) is 24.1 Å². The van der Waals surface area contributed by atoms with Gasteiger partial charge in [0.1, 0.15) is 5.69 Å². The Balaban J connectivity index is 2.16. The van der Waals surface area contributed by atoms with Crippen LogP contribution in [0.5, 0.6) is 0 Å². The fourth-order valence-corrected chi connectivity index (χ4v) is 4.05. The number of carboxylic acids is 1. The van der Waals surface area contributed by atoms with Crippen molar-refractivity contribution >= 4 is 23.4 Å². The lowest BCUT2D eigenvalue weighted by Crippen LogP contribution is -2.07. The SMILES string of the molecule is [C-]#[N+]c1c(-c2ccc(-c3ccccc3)cc2)c(C(=O)O)n(C)c1SC(C)C. The molecule has 0 saturated carbocycles. The van der Waals surface area contributed by atoms with E-state index in [4.69, 9.17) is 6.57 Å². The lowest BCUT2D eigenvalue weighted by atomic mass is 9.99. The van der Waals surface area contributed by atoms with E-state index in [9.17, 15) is 9.90 Å². The highest BCUT2D eigenvalue weighted by Gasteiger charge is 2.27. The Morgan fingerprint density at radius 2 is 1.59 bits per heavy atom. The number of thioether (sulfide) groups is 1. The summed E-state index contributed by atoms with van der Waals surface area (Å²) in [5.74, 6) is -1.03. The molecular weight excluding hydrogens is 356 g/mol. The Morgan fingerprint density at radius 3 is 2.11 bits per heavy atom. The maximum absolute atomic E-state index is 11.9. The highest BCUT2D eigenvalue weighted by molar-refractivity contribution is 8.00. The van der Waals surface area contributed by atoms with Gasteiger partial charge >= 0.3 is 5.97 Å². The second-order valence-corrected chi connectivity index (χ2v) is 8.03. The predicted octanol–water partition coefficient (Wildman–Crippen LogP) is 6.11. The smallest absolute Gasteiger partial charge is 0.351 e. The average molecular weight is 376 g/mol. The van der Waals surface area contributed by atoms with Crippen LogP contribution in [0.15, 0.2) is 59.6 Å². The van der Waals surface area contributed by atoms with Crippen LogP contribution in [-0.4, -0.2) is 20.9 Å². The number of rotatable bonds is 5. The minimum absolute atomic E-state index is 0.150. The van der Waals surface area contributed by atoms with Crippen LogP contribution in [0.1, 0.15) is 24.3 Å². The molecule has 0 saturated heterocycles. The van der Waals surface area contributed by atoms with Gasteiger partial charge in [0.05, 0.1) is 11.6 Å². The van der Waals surface area contributed by atoms with Gasteiger partial charge in [0.25, 0.3) is 0 Å². The molecule has 0 aliphatic rings. The molecule has 0 aliphatic heterocycles. The summed E-state index contributed by atoms with van der Waals surface area (Å²) in [6, 6.07) is 17.7. The van der Waals surface area contributed by atoms with Crippen molar-refractivity contribution in [3.8, 4) is 22.3 Å². The largest absolute Gasteiger partial charge is 0.477 e. The number of hydrogen-bond donors (Lipinski definition) is 1. The molecule has 0 atom stereocenters. The summed E-state index contributed by atoms with van der Waals surface area (Å²) in [7, 11) is 1.71. The molecule has 2 aromatic carbocycles. The van der Waals surface area contributed by atoms with E-state index < -0.39 is 5.97 Å². The van der Waals surface area contributed by atoms with E-state index in [1.54, 1.807) is 11.6 Å². The minimum Gasteiger partial charge on any atom is -0.477 e. The number of benzene rings is 2. The molecule has 4 nitrogen and oxygen atoms in total. The first-order valence-corrected chi connectivity index (χ1v) is 9.48. The van der Waals surface area contributed by atoms with Gasteiger partial charge in [-0.1, -0.05) is 68.4 Å². The van der Waals surface area contributed by atoms with Gasteiger partial charge in [-0.3, -0.25) is 0 Å². The Kier molecular flexibility index (Phi) is 5.38. The second-order valence-electron chi connectivity index (χ2n) is 6.46. The second kappa shape index (κ2) is 7.73. The van der Waals surface area contributed by atoms with Crippen LogP contribution in [0.3, 0.4) is 0 Å². The highest BCUT2D eigenvalue weighted by Crippen LogP contribution is 2.44. The molecular formula is C22H20N2O2S. The van der Waals surface area contributed by atoms with E-state index in [0.717, 1.165) is 16.7 Å². The molecule has 1 heterocycles. The van der Waals surface area contributed by atoms with Gasteiger partial charge in [-0.15, -0.1) is 11.8 Å². The first-order valence-electron chi connectivity index (χ1n) is 8.60. The Labute approximate surface area is 163 Å². The van der Waals surface area contributed by atoms with Gasteiger partial charge in [0.15, 0.2) is 0 Å². The van der Waals surface area contributed by atoms with Gasteiger partial charge in [-0.05, 0) is 16.7 Å². The summed E-state index contributed by atoms with van der Waals surface area (Å²) in [6.45, 7) is 11.7. The van der Waals surface area contributed by atoms with E-state index in [0.29, 0.717) is 16.3 Å². The average Bonchev–Trinajstić information content (AvgIpc) is 2.94. The van der Waals surface area contributed by atoms with Crippen LogP contribution in [0, 0.1) is 6.57 Å². The van der Waals surface area contributed by atoms with Crippen molar-refractivity contribution in [2.24, 2.45) is 7.05 Å². The van der Waals surface area contributed by atoms with Crippen molar-refractivity contribution in [2.75, 3.05) is 0 Å². The fraction of sp³-hybridized carbons (Fsp3) is 0.182. The van der Waals surface area contributed by atoms with Crippen molar-refractivity contribution in [1.29, 1.82) is 0 Å². The summed E-state index contributed by atoms with van der Waals surface area (Å²) in [5.41, 5.74) is 3.93. The van der Waals surface area contributed by atoms with Crippen LogP contribution in [-0.2, 0) is 7.05 Å². The zero-order chi connectivity index (χ0) is 19.6. The molecule has 1 aromatic heterocycles. The molecule has 0 radical (unpaired) electrons. The normalized spacial score (nSPS) is 10.8. The van der Waals surface area contributed by atoms with Gasteiger partial charge < -0.3 is 9.67 Å². The number of aromatic nitrogens is 1. The number of hydrogen-bond acceptors (Lipinski definition) is 2. The third-order valence-corrected chi connectivity index (χ3v) is 5.42. The summed E-state index contributed by atoms with van der Waals surface area (Å²) in [4.78, 5) is 15.6. The van der Waals surface area contributed by atoms with Crippen LogP contribution in [0.25, 0.3) is 27.1 Å². The van der Waals surface area contributed by atoms with Crippen LogP contribution in [0.2, 0.25) is 0 Å². The zero-order valence-electron chi connectivity index (χ0n) is 15.4. The number of aromatic carboxylic acids is 1. The molecule has 0 amide bonds. The molecule has 3 aromatic rings. The summed E-state index contributed by atoms with van der Waals surface area (Å²) in [6.07, 6.45) is 0. The highest BCUT2D eigenvalue weighted by atomic mass is 32.2. The molecule has 0 unspecified atom stereocenters. The van der Waals surface area contributed by atoms with E-state index >= 15 is 0 Å². The standard InChI is InChI=1S/C22H20N2O2S/c1-14(2)27-21-19(23-3)18(20(22(25)26)24(21)4)17-12-10-16(11-13-17)15-8-6-5-7-9-15/h5-14H,1-2,4H3,(H,25,26). The quantitative estimate of drug-likeness (QED) is 0.432. The van der Waals surface area contributed by atoms with Gasteiger partial charge in [0, 0.05) is 17.9 Å². The summed E-state index contributed by atoms with van der Waals surface area (Å²) >= 11 is 1.51. The third kappa shape index (κ3) is 3.62. The van der Waals surface area contributed by atoms with Gasteiger partial charge in [-0.2, -0.15) is 0 Å². The zero-order valence-corrected chi connectivity index (χ0v) is 16.2. The van der Waals surface area contributed by atoms with E-state index in [1.807, 2.05) is 68.4 Å². The van der Waals surface area contributed by atoms with E-state index in [1.165, 1.54) is 11.8 Å². The number of carbonyl (C=O) groups is 1. The van der Waals surface area contributed by atoms with E-state index in [-0.39, 0.29) is 10.9 Å². The minimum atomic E-state index is -1.03. The lowest BCUT2D eigenvalue weighted by Gasteiger charge is -2.08. The van der Waals surface area contributed by atoms with Gasteiger partial charge in [0.2, 0.25) is 5.69 Å². The summed E-state index contributed by atoms with van der Waals surface area (Å²) in [5, 5.41) is 10.7. The number of nitrogens with zero attached hydrogens (tertiary/aromatic N) is 2. The van der Waals surface area contributed by atoms with E-state index in [2.05, 4.69) is 4.85 Å². The third-order valence-electron chi connectivity index (χ3n) is 4.26. The van der Waals surface area contributed by atoms with Crippen molar-refractivity contribution in [3.05, 3.63) is 71.7 Å². The maximum atomic E-state index is 11.9. The first kappa shape index (κ1) is 18.8. The van der Waals surface area contributed by atoms with Gasteiger partial charge in [-0.25, -0.2) is 9.64 Å². The van der Waals surface area contributed by atoms with Crippen LogP contribution < -0.4 is 0 Å². The molecule has 5 heteroatoms. The van der Waals surface area contributed by atoms with Crippen LogP contribution in [0.4, 0.5) is 5.69 Å². The fourth-order valence-electron chi connectivity index (χ4n) is 3.09. The van der Waals surface area contributed by atoms with Crippen molar-refractivity contribution < 1.29 is 9.90 Å². The molecule has 3 rings (SSSR count). The molecule has 0 spiro atoms. The topological polar surface area (TPSA) is 46.6 Å². The van der Waals surface area contributed by atoms with Crippen LogP contribution >= 0.6 is 11.8 Å². The Morgan fingerprint density at radius 1 is 1.04 bits per heavy atom. The first-order chi connectivity index (χ1) is 12.9. The monoisotopic (exact) mass is 376 g/mol. The molecule has 0 fully saturated rings. The summed E-state index contributed by atoms with van der Waals surface area (Å²) < 4.78 is 1.63. The molecule has 0 aliphatic carbocycles. The molecule has 27 heavy (non-hydrogen) atoms. The Hall–Kier alpha value is -2.97. The molecule has 1 N–H and O–H groups in total. The number of carboxylic acid groups (broad SMARTS) is 1.